The Morgan fingerprint density at radius 1 is 1.38 bits per heavy atom. The monoisotopic (exact) mass is 466 g/mol. The summed E-state index contributed by atoms with van der Waals surface area (Å²) in [4.78, 5) is 7.13. The van der Waals surface area contributed by atoms with E-state index in [4.69, 9.17) is 4.74 Å². The Bertz CT molecular complexity index is 447. The number of anilines is 1. The van der Waals surface area contributed by atoms with Crippen LogP contribution in [-0.4, -0.2) is 51.4 Å². The molecule has 2 heterocycles. The first-order valence-corrected chi connectivity index (χ1v) is 9.62. The maximum Gasteiger partial charge on any atom is 0.191 e. The van der Waals surface area contributed by atoms with E-state index in [0.717, 1.165) is 64.6 Å². The summed E-state index contributed by atoms with van der Waals surface area (Å²) in [6, 6.07) is 4.85. The maximum atomic E-state index is 5.36. The molecular weight excluding hydrogens is 435 g/mol. The molecule has 2 rings (SSSR count). The van der Waals surface area contributed by atoms with Crippen LogP contribution in [0.3, 0.4) is 0 Å². The van der Waals surface area contributed by atoms with Gasteiger partial charge in [0, 0.05) is 45.4 Å². The van der Waals surface area contributed by atoms with Gasteiger partial charge in [0.15, 0.2) is 5.96 Å². The zero-order valence-electron chi connectivity index (χ0n) is 14.8. The molecule has 0 saturated carbocycles. The second-order valence-electron chi connectivity index (χ2n) is 5.67. The van der Waals surface area contributed by atoms with E-state index in [1.807, 2.05) is 18.3 Å². The maximum absolute atomic E-state index is 5.36. The third-order valence-electron chi connectivity index (χ3n) is 3.92. The van der Waals surface area contributed by atoms with Gasteiger partial charge < -0.3 is 20.3 Å². The number of nitrogens with zero attached hydrogens (tertiary/aromatic N) is 2. The van der Waals surface area contributed by atoms with Gasteiger partial charge in [-0.3, -0.25) is 4.99 Å². The number of halogens is 1. The second-order valence-corrected chi connectivity index (χ2v) is 6.59. The average molecular weight is 466 g/mol. The highest BCUT2D eigenvalue weighted by Gasteiger charge is 2.20. The quantitative estimate of drug-likeness (QED) is 0.267. The van der Waals surface area contributed by atoms with Gasteiger partial charge in [-0.1, -0.05) is 0 Å². The standard InChI is InChI=1S/C17H30N4OS.HI/c1-3-18-17(19-10-6-13-22-4-2)20-15-8-11-21(12-9-15)16-7-5-14-23-16;/h5,7,14-15H,3-4,6,8-13H2,1-2H3,(H2,18,19,20);1H. The van der Waals surface area contributed by atoms with Crippen LogP contribution in [0, 0.1) is 0 Å². The molecule has 138 valence electrons. The Balaban J connectivity index is 0.00000288. The fourth-order valence-corrected chi connectivity index (χ4v) is 3.49. The van der Waals surface area contributed by atoms with Gasteiger partial charge in [-0.25, -0.2) is 0 Å². The van der Waals surface area contributed by atoms with E-state index >= 15 is 0 Å². The van der Waals surface area contributed by atoms with Crippen molar-refractivity contribution >= 4 is 46.3 Å². The molecule has 5 nitrogen and oxygen atoms in total. The Hall–Kier alpha value is -0.540. The van der Waals surface area contributed by atoms with E-state index in [-0.39, 0.29) is 24.0 Å². The van der Waals surface area contributed by atoms with Gasteiger partial charge in [0.25, 0.3) is 0 Å². The van der Waals surface area contributed by atoms with Crippen molar-refractivity contribution < 1.29 is 4.74 Å². The van der Waals surface area contributed by atoms with Crippen molar-refractivity contribution in [1.29, 1.82) is 0 Å². The number of piperidine rings is 1. The first kappa shape index (κ1) is 21.5. The van der Waals surface area contributed by atoms with Gasteiger partial charge in [0.1, 0.15) is 0 Å². The predicted molar refractivity (Wildman–Crippen MR) is 115 cm³/mol. The number of hydrogen-bond acceptors (Lipinski definition) is 4. The summed E-state index contributed by atoms with van der Waals surface area (Å²) >= 11 is 1.83. The van der Waals surface area contributed by atoms with Gasteiger partial charge >= 0.3 is 0 Å². The minimum absolute atomic E-state index is 0. The van der Waals surface area contributed by atoms with Crippen molar-refractivity contribution in [2.24, 2.45) is 4.99 Å². The smallest absolute Gasteiger partial charge is 0.191 e. The Morgan fingerprint density at radius 3 is 2.79 bits per heavy atom. The number of aliphatic imine (C=N–C) groups is 1. The molecule has 0 spiro atoms. The molecule has 1 aliphatic heterocycles. The SMILES string of the molecule is CCNC(=NCCCOCC)NC1CCN(c2cccs2)CC1.I. The lowest BCUT2D eigenvalue weighted by molar-refractivity contribution is 0.146. The summed E-state index contributed by atoms with van der Waals surface area (Å²) in [5.74, 6) is 0.943. The Labute approximate surface area is 167 Å². The van der Waals surface area contributed by atoms with Crippen LogP contribution in [0.5, 0.6) is 0 Å². The molecule has 24 heavy (non-hydrogen) atoms. The topological polar surface area (TPSA) is 48.9 Å². The van der Waals surface area contributed by atoms with Gasteiger partial charge in [-0.05, 0) is 50.6 Å². The summed E-state index contributed by atoms with van der Waals surface area (Å²) in [5.41, 5.74) is 0. The predicted octanol–water partition coefficient (Wildman–Crippen LogP) is 3.32. The Kier molecular flexibility index (Phi) is 11.4. The zero-order valence-corrected chi connectivity index (χ0v) is 17.9. The molecular formula is C17H31IN4OS. The van der Waals surface area contributed by atoms with Crippen molar-refractivity contribution in [2.45, 2.75) is 39.2 Å². The highest BCUT2D eigenvalue weighted by molar-refractivity contribution is 14.0. The average Bonchev–Trinajstić information content (AvgIpc) is 3.10. The molecule has 1 saturated heterocycles. The lowest BCUT2D eigenvalue weighted by Gasteiger charge is -2.33. The largest absolute Gasteiger partial charge is 0.382 e. The van der Waals surface area contributed by atoms with E-state index in [0.29, 0.717) is 6.04 Å². The third-order valence-corrected chi connectivity index (χ3v) is 4.85. The molecule has 0 radical (unpaired) electrons. The molecule has 1 aromatic heterocycles. The number of hydrogen-bond donors (Lipinski definition) is 2. The van der Waals surface area contributed by atoms with Crippen molar-refractivity contribution in [3.8, 4) is 0 Å². The summed E-state index contributed by atoms with van der Waals surface area (Å²) < 4.78 is 5.36. The van der Waals surface area contributed by atoms with Gasteiger partial charge in [0.2, 0.25) is 0 Å². The molecule has 0 aliphatic carbocycles. The van der Waals surface area contributed by atoms with Crippen LogP contribution >= 0.6 is 35.3 Å². The molecule has 0 unspecified atom stereocenters. The van der Waals surface area contributed by atoms with E-state index in [9.17, 15) is 0 Å². The highest BCUT2D eigenvalue weighted by Crippen LogP contribution is 2.24. The van der Waals surface area contributed by atoms with Crippen LogP contribution in [0.2, 0.25) is 0 Å². The van der Waals surface area contributed by atoms with Crippen LogP contribution in [0.25, 0.3) is 0 Å². The minimum atomic E-state index is 0. The fraction of sp³-hybridized carbons (Fsp3) is 0.706. The second kappa shape index (κ2) is 12.8. The normalized spacial score (nSPS) is 15.9. The molecule has 1 fully saturated rings. The van der Waals surface area contributed by atoms with Gasteiger partial charge in [-0.15, -0.1) is 35.3 Å². The third kappa shape index (κ3) is 7.57. The van der Waals surface area contributed by atoms with E-state index < -0.39 is 0 Å². The van der Waals surface area contributed by atoms with Crippen LogP contribution in [-0.2, 0) is 4.74 Å². The molecule has 0 amide bonds. The summed E-state index contributed by atoms with van der Waals surface area (Å²) in [6.07, 6.45) is 3.28. The van der Waals surface area contributed by atoms with Crippen LogP contribution < -0.4 is 15.5 Å². The van der Waals surface area contributed by atoms with Gasteiger partial charge in [-0.2, -0.15) is 0 Å². The number of thiophene rings is 1. The summed E-state index contributed by atoms with van der Waals surface area (Å²) in [7, 11) is 0. The van der Waals surface area contributed by atoms with E-state index in [1.54, 1.807) is 0 Å². The number of rotatable bonds is 8. The molecule has 0 atom stereocenters. The molecule has 1 aromatic rings. The highest BCUT2D eigenvalue weighted by atomic mass is 127. The van der Waals surface area contributed by atoms with Crippen LogP contribution in [0.15, 0.2) is 22.5 Å². The zero-order chi connectivity index (χ0) is 16.3. The molecule has 0 bridgehead atoms. The van der Waals surface area contributed by atoms with Crippen molar-refractivity contribution in [1.82, 2.24) is 10.6 Å². The minimum Gasteiger partial charge on any atom is -0.382 e. The number of ether oxygens (including phenoxy) is 1. The molecule has 7 heteroatoms. The molecule has 0 aromatic carbocycles. The van der Waals surface area contributed by atoms with Gasteiger partial charge in [0.05, 0.1) is 5.00 Å². The van der Waals surface area contributed by atoms with E-state index in [2.05, 4.69) is 45.0 Å². The lowest BCUT2D eigenvalue weighted by Crippen LogP contribution is -2.48. The van der Waals surface area contributed by atoms with Crippen LogP contribution in [0.1, 0.15) is 33.1 Å². The first-order valence-electron chi connectivity index (χ1n) is 8.74. The fourth-order valence-electron chi connectivity index (χ4n) is 2.71. The Morgan fingerprint density at radius 2 is 2.17 bits per heavy atom. The van der Waals surface area contributed by atoms with Crippen molar-refractivity contribution in [3.05, 3.63) is 17.5 Å². The van der Waals surface area contributed by atoms with Crippen molar-refractivity contribution in [2.75, 3.05) is 44.3 Å². The summed E-state index contributed by atoms with van der Waals surface area (Å²) in [6.45, 7) is 9.64. The number of nitrogens with one attached hydrogen (secondary N) is 2. The first-order chi connectivity index (χ1) is 11.3. The molecule has 1 aliphatic rings. The number of guanidine groups is 1. The summed E-state index contributed by atoms with van der Waals surface area (Å²) in [5, 5.41) is 10.5. The lowest BCUT2D eigenvalue weighted by atomic mass is 10.1. The molecule has 2 N–H and O–H groups in total. The van der Waals surface area contributed by atoms with Crippen LogP contribution in [0.4, 0.5) is 5.00 Å². The van der Waals surface area contributed by atoms with E-state index in [1.165, 1.54) is 5.00 Å². The van der Waals surface area contributed by atoms with Crippen molar-refractivity contribution in [3.63, 3.8) is 0 Å².